The van der Waals surface area contributed by atoms with Crippen LogP contribution in [0, 0.1) is 11.3 Å². The topological polar surface area (TPSA) is 29.1 Å². The Balaban J connectivity index is 2.33. The van der Waals surface area contributed by atoms with Crippen molar-refractivity contribution in [3.05, 3.63) is 36.5 Å². The Morgan fingerprint density at radius 3 is 2.93 bits per heavy atom. The van der Waals surface area contributed by atoms with Crippen molar-refractivity contribution in [2.45, 2.75) is 13.3 Å². The van der Waals surface area contributed by atoms with E-state index in [0.717, 1.165) is 18.5 Å². The second-order valence-corrected chi connectivity index (χ2v) is 3.94. The van der Waals surface area contributed by atoms with Crippen LogP contribution in [0.2, 0.25) is 0 Å². The molecule has 0 aromatic heterocycles. The monoisotopic (exact) mass is 189 g/mol. The van der Waals surface area contributed by atoms with Crippen LogP contribution in [0.5, 0.6) is 0 Å². The van der Waals surface area contributed by atoms with E-state index in [9.17, 15) is 4.79 Å². The molecule has 1 amide bonds. The lowest BCUT2D eigenvalue weighted by Crippen LogP contribution is -2.26. The Labute approximate surface area is 84.4 Å². The summed E-state index contributed by atoms with van der Waals surface area (Å²) in [6, 6.07) is 0. The van der Waals surface area contributed by atoms with Gasteiger partial charge in [-0.25, -0.2) is 0 Å². The molecule has 2 heteroatoms. The van der Waals surface area contributed by atoms with Gasteiger partial charge in [-0.1, -0.05) is 30.9 Å². The third-order valence-corrected chi connectivity index (χ3v) is 3.18. The standard InChI is InChI=1S/C12H15NO/c1-3-5-9(6-4-2)12-7-10(12)8-13-11(12)14/h3-6,10H,1,7-8H2,2H3,(H,13,14)/b6-4-,9-5+. The van der Waals surface area contributed by atoms with Crippen LogP contribution in [0.1, 0.15) is 13.3 Å². The molecule has 14 heavy (non-hydrogen) atoms. The fraction of sp³-hybridized carbons (Fsp3) is 0.417. The maximum atomic E-state index is 11.7. The molecule has 2 aliphatic rings. The maximum absolute atomic E-state index is 11.7. The van der Waals surface area contributed by atoms with Crippen LogP contribution in [0.15, 0.2) is 36.5 Å². The van der Waals surface area contributed by atoms with Crippen molar-refractivity contribution in [3.63, 3.8) is 0 Å². The zero-order chi connectivity index (χ0) is 10.2. The number of hydrogen-bond donors (Lipinski definition) is 1. The van der Waals surface area contributed by atoms with Gasteiger partial charge in [0.2, 0.25) is 5.91 Å². The Bertz CT molecular complexity index is 340. The van der Waals surface area contributed by atoms with Gasteiger partial charge >= 0.3 is 0 Å². The highest BCUT2D eigenvalue weighted by Gasteiger charge is 2.64. The van der Waals surface area contributed by atoms with E-state index in [4.69, 9.17) is 0 Å². The first kappa shape index (κ1) is 9.25. The smallest absolute Gasteiger partial charge is 0.231 e. The molecule has 0 bridgehead atoms. The number of rotatable bonds is 3. The van der Waals surface area contributed by atoms with Crippen molar-refractivity contribution in [3.8, 4) is 0 Å². The van der Waals surface area contributed by atoms with Gasteiger partial charge in [-0.2, -0.15) is 0 Å². The van der Waals surface area contributed by atoms with Gasteiger partial charge in [-0.05, 0) is 24.8 Å². The summed E-state index contributed by atoms with van der Waals surface area (Å²) in [5.74, 6) is 0.700. The minimum atomic E-state index is -0.208. The van der Waals surface area contributed by atoms with Crippen molar-refractivity contribution in [2.24, 2.45) is 11.3 Å². The van der Waals surface area contributed by atoms with Gasteiger partial charge in [-0.3, -0.25) is 4.79 Å². The zero-order valence-corrected chi connectivity index (χ0v) is 8.42. The Kier molecular flexibility index (Phi) is 2.06. The fourth-order valence-electron chi connectivity index (χ4n) is 2.37. The van der Waals surface area contributed by atoms with Crippen LogP contribution < -0.4 is 5.32 Å². The Morgan fingerprint density at radius 1 is 1.71 bits per heavy atom. The summed E-state index contributed by atoms with van der Waals surface area (Å²) in [5, 5.41) is 2.91. The molecule has 2 unspecified atom stereocenters. The first-order valence-electron chi connectivity index (χ1n) is 5.00. The second-order valence-electron chi connectivity index (χ2n) is 3.94. The molecule has 0 aromatic rings. The molecular formula is C12H15NO. The van der Waals surface area contributed by atoms with Crippen LogP contribution in [0.4, 0.5) is 0 Å². The van der Waals surface area contributed by atoms with E-state index in [-0.39, 0.29) is 11.3 Å². The van der Waals surface area contributed by atoms with Crippen molar-refractivity contribution in [1.29, 1.82) is 0 Å². The lowest BCUT2D eigenvalue weighted by molar-refractivity contribution is -0.123. The van der Waals surface area contributed by atoms with Crippen molar-refractivity contribution in [1.82, 2.24) is 5.32 Å². The van der Waals surface area contributed by atoms with E-state index >= 15 is 0 Å². The molecule has 2 atom stereocenters. The molecule has 0 spiro atoms. The van der Waals surface area contributed by atoms with E-state index in [0.29, 0.717) is 5.92 Å². The van der Waals surface area contributed by atoms with Crippen LogP contribution in [-0.2, 0) is 4.79 Å². The maximum Gasteiger partial charge on any atom is 0.231 e. The van der Waals surface area contributed by atoms with Crippen molar-refractivity contribution >= 4 is 5.91 Å². The quantitative estimate of drug-likeness (QED) is 0.674. The Morgan fingerprint density at radius 2 is 2.50 bits per heavy atom. The molecule has 0 radical (unpaired) electrons. The molecule has 1 heterocycles. The van der Waals surface area contributed by atoms with Crippen LogP contribution in [0.3, 0.4) is 0 Å². The second kappa shape index (κ2) is 3.12. The predicted octanol–water partition coefficient (Wildman–Crippen LogP) is 1.81. The number of amides is 1. The number of fused-ring (bicyclic) bond motifs is 1. The summed E-state index contributed by atoms with van der Waals surface area (Å²) in [5.41, 5.74) is 0.899. The molecule has 2 rings (SSSR count). The minimum Gasteiger partial charge on any atom is -0.355 e. The number of carbonyl (C=O) groups excluding carboxylic acids is 1. The van der Waals surface area contributed by atoms with Gasteiger partial charge in [-0.15, -0.1) is 0 Å². The number of hydrogen-bond acceptors (Lipinski definition) is 1. The normalized spacial score (nSPS) is 35.6. The SMILES string of the molecule is C=C/C=C(\C=C/C)C12CC1CNC2=O. The summed E-state index contributed by atoms with van der Waals surface area (Å²) in [4.78, 5) is 11.7. The largest absolute Gasteiger partial charge is 0.355 e. The molecule has 1 aliphatic heterocycles. The van der Waals surface area contributed by atoms with Crippen LogP contribution >= 0.6 is 0 Å². The van der Waals surface area contributed by atoms with Gasteiger partial charge in [0.25, 0.3) is 0 Å². The van der Waals surface area contributed by atoms with Gasteiger partial charge in [0.1, 0.15) is 0 Å². The summed E-state index contributed by atoms with van der Waals surface area (Å²) >= 11 is 0. The lowest BCUT2D eigenvalue weighted by atomic mass is 9.93. The number of allylic oxidation sites excluding steroid dienone is 4. The van der Waals surface area contributed by atoms with E-state index < -0.39 is 0 Å². The molecular weight excluding hydrogens is 174 g/mol. The molecule has 1 saturated heterocycles. The van der Waals surface area contributed by atoms with Crippen LogP contribution in [0.25, 0.3) is 0 Å². The van der Waals surface area contributed by atoms with E-state index in [2.05, 4.69) is 11.9 Å². The highest BCUT2D eigenvalue weighted by molar-refractivity contribution is 5.93. The first-order valence-corrected chi connectivity index (χ1v) is 5.00. The number of nitrogens with one attached hydrogen (secondary N) is 1. The van der Waals surface area contributed by atoms with Gasteiger partial charge < -0.3 is 5.32 Å². The van der Waals surface area contributed by atoms with Crippen molar-refractivity contribution < 1.29 is 4.79 Å². The molecule has 2 nitrogen and oxygen atoms in total. The third-order valence-electron chi connectivity index (χ3n) is 3.18. The highest BCUT2D eigenvalue weighted by atomic mass is 16.2. The van der Waals surface area contributed by atoms with Gasteiger partial charge in [0, 0.05) is 6.54 Å². The molecule has 0 aromatic carbocycles. The Hall–Kier alpha value is -1.31. The average molecular weight is 189 g/mol. The van der Waals surface area contributed by atoms with Gasteiger partial charge in [0.05, 0.1) is 5.41 Å². The molecule has 1 saturated carbocycles. The highest BCUT2D eigenvalue weighted by Crippen LogP contribution is 2.60. The third kappa shape index (κ3) is 1.07. The average Bonchev–Trinajstić information content (AvgIpc) is 2.82. The number of carbonyl (C=O) groups is 1. The van der Waals surface area contributed by atoms with E-state index in [1.54, 1.807) is 6.08 Å². The summed E-state index contributed by atoms with van der Waals surface area (Å²) in [6.45, 7) is 6.50. The molecule has 1 N–H and O–H groups in total. The fourth-order valence-corrected chi connectivity index (χ4v) is 2.37. The first-order chi connectivity index (χ1) is 6.75. The minimum absolute atomic E-state index is 0.189. The van der Waals surface area contributed by atoms with Crippen LogP contribution in [-0.4, -0.2) is 12.5 Å². The number of piperidine rings is 1. The lowest BCUT2D eigenvalue weighted by Gasteiger charge is -2.11. The van der Waals surface area contributed by atoms with Gasteiger partial charge in [0.15, 0.2) is 0 Å². The summed E-state index contributed by atoms with van der Waals surface area (Å²) < 4.78 is 0. The zero-order valence-electron chi connectivity index (χ0n) is 8.42. The molecule has 1 aliphatic carbocycles. The molecule has 2 fully saturated rings. The molecule has 74 valence electrons. The van der Waals surface area contributed by atoms with E-state index in [1.807, 2.05) is 25.2 Å². The summed E-state index contributed by atoms with van der Waals surface area (Å²) in [6.07, 6.45) is 8.70. The summed E-state index contributed by atoms with van der Waals surface area (Å²) in [7, 11) is 0. The van der Waals surface area contributed by atoms with Crippen molar-refractivity contribution in [2.75, 3.05) is 6.54 Å². The van der Waals surface area contributed by atoms with E-state index in [1.165, 1.54) is 0 Å². The predicted molar refractivity (Wildman–Crippen MR) is 56.6 cm³/mol.